The van der Waals surface area contributed by atoms with E-state index in [0.717, 1.165) is 11.1 Å². The van der Waals surface area contributed by atoms with Crippen molar-refractivity contribution in [2.24, 2.45) is 5.73 Å². The monoisotopic (exact) mass is 324 g/mol. The van der Waals surface area contributed by atoms with Gasteiger partial charge in [-0.1, -0.05) is 42.5 Å². The van der Waals surface area contributed by atoms with Crippen molar-refractivity contribution < 1.29 is 9.59 Å². The molecule has 2 rings (SSSR count). The number of carbonyl (C=O) groups is 2. The van der Waals surface area contributed by atoms with Gasteiger partial charge in [0, 0.05) is 12.6 Å². The zero-order valence-corrected chi connectivity index (χ0v) is 13.4. The van der Waals surface area contributed by atoms with Crippen LogP contribution in [-0.2, 0) is 16.0 Å². The van der Waals surface area contributed by atoms with Crippen LogP contribution in [0.1, 0.15) is 24.0 Å². The fourth-order valence-corrected chi connectivity index (χ4v) is 2.43. The number of amides is 2. The molecule has 0 aliphatic heterocycles. The smallest absolute Gasteiger partial charge is 0.234 e. The fourth-order valence-electron chi connectivity index (χ4n) is 2.43. The largest absolute Gasteiger partial charge is 0.370 e. The third kappa shape index (κ3) is 4.95. The van der Waals surface area contributed by atoms with Crippen LogP contribution in [0.4, 0.5) is 5.69 Å². The molecular formula is C18H20N4O2. The topological polar surface area (TPSA) is 108 Å². The lowest BCUT2D eigenvalue weighted by molar-refractivity contribution is -0.121. The summed E-state index contributed by atoms with van der Waals surface area (Å²) in [5.41, 5.74) is 7.74. The lowest BCUT2D eigenvalue weighted by Crippen LogP contribution is -2.39. The van der Waals surface area contributed by atoms with Crippen LogP contribution >= 0.6 is 0 Å². The molecule has 24 heavy (non-hydrogen) atoms. The van der Waals surface area contributed by atoms with Crippen LogP contribution in [0.5, 0.6) is 0 Å². The minimum atomic E-state index is -0.484. The van der Waals surface area contributed by atoms with Crippen molar-refractivity contribution in [3.8, 4) is 0 Å². The first kappa shape index (κ1) is 17.2. The molecule has 0 fully saturated rings. The predicted octanol–water partition coefficient (Wildman–Crippen LogP) is 1.98. The van der Waals surface area contributed by atoms with Crippen molar-refractivity contribution >= 4 is 23.5 Å². The van der Waals surface area contributed by atoms with Crippen molar-refractivity contribution in [3.05, 3.63) is 65.7 Å². The highest BCUT2D eigenvalue weighted by Gasteiger charge is 2.21. The van der Waals surface area contributed by atoms with Gasteiger partial charge < -0.3 is 11.1 Å². The lowest BCUT2D eigenvalue weighted by Gasteiger charge is -2.17. The minimum absolute atomic E-state index is 0.155. The number of benzene rings is 2. The summed E-state index contributed by atoms with van der Waals surface area (Å²) in [5, 5.41) is 12.3. The van der Waals surface area contributed by atoms with Gasteiger partial charge in [-0.15, -0.1) is 0 Å². The highest BCUT2D eigenvalue weighted by atomic mass is 16.2. The van der Waals surface area contributed by atoms with Gasteiger partial charge in [0.25, 0.3) is 0 Å². The van der Waals surface area contributed by atoms with E-state index in [1.165, 1.54) is 6.92 Å². The number of hydrogen-bond donors (Lipinski definition) is 4. The fraction of sp³-hybridized carbons (Fsp3) is 0.167. The molecule has 6 nitrogen and oxygen atoms in total. The second-order valence-electron chi connectivity index (χ2n) is 5.45. The van der Waals surface area contributed by atoms with Crippen LogP contribution in [0.25, 0.3) is 0 Å². The van der Waals surface area contributed by atoms with E-state index in [9.17, 15) is 9.59 Å². The average Bonchev–Trinajstić information content (AvgIpc) is 2.53. The van der Waals surface area contributed by atoms with Gasteiger partial charge >= 0.3 is 0 Å². The van der Waals surface area contributed by atoms with E-state index in [1.807, 2.05) is 30.3 Å². The Morgan fingerprint density at radius 3 is 2.25 bits per heavy atom. The number of anilines is 1. The van der Waals surface area contributed by atoms with Crippen LogP contribution < -0.4 is 16.4 Å². The predicted molar refractivity (Wildman–Crippen MR) is 93.7 cm³/mol. The Morgan fingerprint density at radius 1 is 1.08 bits per heavy atom. The number of rotatable bonds is 5. The van der Waals surface area contributed by atoms with Gasteiger partial charge in [0.1, 0.15) is 0 Å². The number of nitrogens with one attached hydrogen (secondary N) is 3. The first-order chi connectivity index (χ1) is 11.5. The van der Waals surface area contributed by atoms with Gasteiger partial charge in [-0.05, 0) is 29.7 Å². The Hall–Kier alpha value is -3.15. The van der Waals surface area contributed by atoms with Crippen molar-refractivity contribution in [1.82, 2.24) is 5.32 Å². The van der Waals surface area contributed by atoms with E-state index in [-0.39, 0.29) is 17.8 Å². The number of nitrogens with two attached hydrogens (primary N) is 1. The highest BCUT2D eigenvalue weighted by Crippen LogP contribution is 2.23. The zero-order valence-electron chi connectivity index (χ0n) is 13.4. The molecule has 0 heterocycles. The maximum Gasteiger partial charge on any atom is 0.234 e. The molecule has 1 atom stereocenters. The molecule has 6 heteroatoms. The average molecular weight is 324 g/mol. The first-order valence-corrected chi connectivity index (χ1v) is 7.52. The highest BCUT2D eigenvalue weighted by molar-refractivity contribution is 5.98. The van der Waals surface area contributed by atoms with E-state index < -0.39 is 5.92 Å². The molecular weight excluding hydrogens is 304 g/mol. The van der Waals surface area contributed by atoms with E-state index in [4.69, 9.17) is 11.1 Å². The maximum absolute atomic E-state index is 12.4. The second kappa shape index (κ2) is 7.92. The van der Waals surface area contributed by atoms with Crippen LogP contribution in [0, 0.1) is 5.41 Å². The summed E-state index contributed by atoms with van der Waals surface area (Å²) in [7, 11) is 0. The standard InChI is InChI=1S/C18H20N4O2/c1-12(23)21-15-9-7-14(8-10-15)16(17(24)22-18(19)20)11-13-5-3-2-4-6-13/h2-10,16H,11H2,1H3,(H,21,23)(H4,19,20,22,24). The van der Waals surface area contributed by atoms with Gasteiger partial charge in [0.05, 0.1) is 5.92 Å². The number of carbonyl (C=O) groups excluding carboxylic acids is 2. The van der Waals surface area contributed by atoms with Crippen molar-refractivity contribution in [2.75, 3.05) is 5.32 Å². The SMILES string of the molecule is CC(=O)Nc1ccc(C(Cc2ccccc2)C(=O)NC(=N)N)cc1. The summed E-state index contributed by atoms with van der Waals surface area (Å²) in [6.07, 6.45) is 0.486. The molecule has 0 saturated carbocycles. The van der Waals surface area contributed by atoms with Gasteiger partial charge in [0.15, 0.2) is 5.96 Å². The molecule has 0 radical (unpaired) electrons. The minimum Gasteiger partial charge on any atom is -0.370 e. The Kier molecular flexibility index (Phi) is 5.68. The van der Waals surface area contributed by atoms with E-state index in [2.05, 4.69) is 10.6 Å². The molecule has 0 aromatic heterocycles. The summed E-state index contributed by atoms with van der Waals surface area (Å²) in [6.45, 7) is 1.44. The Bertz CT molecular complexity index is 726. The third-order valence-corrected chi connectivity index (χ3v) is 3.49. The third-order valence-electron chi connectivity index (χ3n) is 3.49. The summed E-state index contributed by atoms with van der Waals surface area (Å²) >= 11 is 0. The molecule has 2 aromatic rings. The van der Waals surface area contributed by atoms with Crippen LogP contribution in [-0.4, -0.2) is 17.8 Å². The molecule has 0 bridgehead atoms. The van der Waals surface area contributed by atoms with Crippen molar-refractivity contribution in [3.63, 3.8) is 0 Å². The van der Waals surface area contributed by atoms with E-state index in [1.54, 1.807) is 24.3 Å². The lowest BCUT2D eigenvalue weighted by atomic mass is 9.91. The maximum atomic E-state index is 12.4. The zero-order chi connectivity index (χ0) is 17.5. The number of hydrogen-bond acceptors (Lipinski definition) is 3. The van der Waals surface area contributed by atoms with Crippen molar-refractivity contribution in [2.45, 2.75) is 19.3 Å². The molecule has 5 N–H and O–H groups in total. The molecule has 124 valence electrons. The quantitative estimate of drug-likeness (QED) is 0.499. The molecule has 0 aliphatic rings. The van der Waals surface area contributed by atoms with Gasteiger partial charge in [-0.25, -0.2) is 0 Å². The van der Waals surface area contributed by atoms with E-state index in [0.29, 0.717) is 12.1 Å². The summed E-state index contributed by atoms with van der Waals surface area (Å²) in [4.78, 5) is 23.5. The summed E-state index contributed by atoms with van der Waals surface area (Å²) in [6, 6.07) is 16.7. The molecule has 0 spiro atoms. The van der Waals surface area contributed by atoms with Crippen LogP contribution in [0.15, 0.2) is 54.6 Å². The molecule has 2 amide bonds. The first-order valence-electron chi connectivity index (χ1n) is 7.52. The molecule has 0 aliphatic carbocycles. The van der Waals surface area contributed by atoms with Gasteiger partial charge in [-0.3, -0.25) is 20.3 Å². The van der Waals surface area contributed by atoms with Crippen LogP contribution in [0.3, 0.4) is 0 Å². The Labute approximate surface area is 140 Å². The van der Waals surface area contributed by atoms with Crippen LogP contribution in [0.2, 0.25) is 0 Å². The Morgan fingerprint density at radius 2 is 1.71 bits per heavy atom. The van der Waals surface area contributed by atoms with Gasteiger partial charge in [-0.2, -0.15) is 0 Å². The summed E-state index contributed by atoms with van der Waals surface area (Å²) < 4.78 is 0. The molecule has 1 unspecified atom stereocenters. The number of guanidine groups is 1. The van der Waals surface area contributed by atoms with E-state index >= 15 is 0 Å². The normalized spacial score (nSPS) is 11.4. The summed E-state index contributed by atoms with van der Waals surface area (Å²) in [5.74, 6) is -1.35. The Balaban J connectivity index is 2.25. The second-order valence-corrected chi connectivity index (χ2v) is 5.45. The van der Waals surface area contributed by atoms with Crippen molar-refractivity contribution in [1.29, 1.82) is 5.41 Å². The molecule has 0 saturated heterocycles. The molecule has 2 aromatic carbocycles. The van der Waals surface area contributed by atoms with Gasteiger partial charge in [0.2, 0.25) is 11.8 Å².